The minimum atomic E-state index is -0.124. The molecule has 331 valence electrons. The van der Waals surface area contributed by atoms with Crippen LogP contribution in [0.2, 0.25) is 0 Å². The zero-order valence-corrected chi connectivity index (χ0v) is 40.5. The van der Waals surface area contributed by atoms with Gasteiger partial charge < -0.3 is 18.7 Å². The van der Waals surface area contributed by atoms with Crippen molar-refractivity contribution in [3.63, 3.8) is 0 Å². The Kier molecular flexibility index (Phi) is 7.77. The van der Waals surface area contributed by atoms with Crippen molar-refractivity contribution >= 4 is 95.3 Å². The van der Waals surface area contributed by atoms with E-state index in [-0.39, 0.29) is 21.7 Å². The molecule has 8 aromatic carbocycles. The molecule has 0 fully saturated rings. The molecule has 0 bridgehead atoms. The number of nitrogens with zero attached hydrogens (tertiary/aromatic N) is 1. The van der Waals surface area contributed by atoms with Crippen LogP contribution in [-0.4, -0.2) is 11.8 Å². The van der Waals surface area contributed by atoms with Gasteiger partial charge in [0.2, 0.25) is 0 Å². The Balaban J connectivity index is 1.08. The second kappa shape index (κ2) is 13.2. The first-order valence-electron chi connectivity index (χ1n) is 24.5. The molecular formula is C63H54BN2O2. The lowest BCUT2D eigenvalue weighted by Gasteiger charge is -2.41. The smallest absolute Gasteiger partial charge is 0.197 e. The number of hydrogen-bond acceptors (Lipinski definition) is 3. The third-order valence-corrected chi connectivity index (χ3v) is 16.6. The summed E-state index contributed by atoms with van der Waals surface area (Å²) in [6, 6.07) is 50.1. The summed E-state index contributed by atoms with van der Waals surface area (Å²) >= 11 is 0. The van der Waals surface area contributed by atoms with Crippen molar-refractivity contribution in [1.82, 2.24) is 4.57 Å². The van der Waals surface area contributed by atoms with Crippen LogP contribution in [0.15, 0.2) is 142 Å². The molecule has 0 saturated heterocycles. The fourth-order valence-corrected chi connectivity index (χ4v) is 12.7. The highest BCUT2D eigenvalue weighted by Gasteiger charge is 2.40. The Bertz CT molecular complexity index is 4030. The van der Waals surface area contributed by atoms with Crippen molar-refractivity contribution in [2.75, 3.05) is 5.32 Å². The summed E-state index contributed by atoms with van der Waals surface area (Å²) in [5.41, 5.74) is 23.6. The van der Waals surface area contributed by atoms with Crippen LogP contribution in [0, 0.1) is 0 Å². The second-order valence-corrected chi connectivity index (χ2v) is 23.1. The maximum absolute atomic E-state index is 6.95. The number of para-hydroxylation sites is 1. The average Bonchev–Trinajstić information content (AvgIpc) is 4.03. The predicted octanol–water partition coefficient (Wildman–Crippen LogP) is 15.9. The lowest BCUT2D eigenvalue weighted by molar-refractivity contribution is 0.332. The largest absolute Gasteiger partial charge is 0.456 e. The molecule has 3 aliphatic rings. The van der Waals surface area contributed by atoms with Gasteiger partial charge in [0, 0.05) is 72.3 Å². The first-order chi connectivity index (χ1) is 32.5. The zero-order chi connectivity index (χ0) is 46.4. The van der Waals surface area contributed by atoms with Crippen molar-refractivity contribution in [3.05, 3.63) is 161 Å². The van der Waals surface area contributed by atoms with E-state index in [1.54, 1.807) is 0 Å². The second-order valence-electron chi connectivity index (χ2n) is 23.1. The molecule has 11 aromatic rings. The summed E-state index contributed by atoms with van der Waals surface area (Å²) in [5, 5.41) is 11.1. The van der Waals surface area contributed by atoms with Crippen LogP contribution < -0.4 is 16.2 Å². The number of hydrogen-bond donors (Lipinski definition) is 1. The number of fused-ring (bicyclic) bond motifs is 16. The van der Waals surface area contributed by atoms with Gasteiger partial charge in [-0.05, 0) is 122 Å². The first kappa shape index (κ1) is 40.1. The number of aromatic nitrogens is 1. The summed E-state index contributed by atoms with van der Waals surface area (Å²) in [4.78, 5) is 0. The van der Waals surface area contributed by atoms with Gasteiger partial charge >= 0.3 is 0 Å². The molecule has 1 aliphatic heterocycles. The van der Waals surface area contributed by atoms with E-state index in [1.165, 1.54) is 82.6 Å². The van der Waals surface area contributed by atoms with Crippen LogP contribution in [0.3, 0.4) is 0 Å². The number of benzene rings is 8. The maximum Gasteiger partial charge on any atom is 0.197 e. The summed E-state index contributed by atoms with van der Waals surface area (Å²) in [7, 11) is 2.45. The minimum Gasteiger partial charge on any atom is -0.456 e. The lowest BCUT2D eigenvalue weighted by atomic mass is 9.59. The van der Waals surface area contributed by atoms with Gasteiger partial charge in [0.05, 0.1) is 11.2 Å². The van der Waals surface area contributed by atoms with E-state index in [2.05, 4.69) is 213 Å². The van der Waals surface area contributed by atoms with Crippen LogP contribution in [0.5, 0.6) is 0 Å². The molecule has 14 rings (SSSR count). The maximum atomic E-state index is 6.95. The van der Waals surface area contributed by atoms with E-state index < -0.39 is 0 Å². The van der Waals surface area contributed by atoms with Gasteiger partial charge in [0.1, 0.15) is 22.3 Å². The van der Waals surface area contributed by atoms with E-state index in [0.717, 1.165) is 74.0 Å². The topological polar surface area (TPSA) is 43.2 Å². The molecule has 68 heavy (non-hydrogen) atoms. The fraction of sp³-hybridized carbons (Fsp3) is 0.238. The predicted molar refractivity (Wildman–Crippen MR) is 287 cm³/mol. The lowest BCUT2D eigenvalue weighted by Crippen LogP contribution is -2.37. The van der Waals surface area contributed by atoms with Gasteiger partial charge in [0.25, 0.3) is 0 Å². The number of rotatable bonds is 3. The summed E-state index contributed by atoms with van der Waals surface area (Å²) in [6.07, 6.45) is 2.31. The Morgan fingerprint density at radius 2 is 1.22 bits per heavy atom. The van der Waals surface area contributed by atoms with Crippen LogP contribution in [0.1, 0.15) is 103 Å². The normalized spacial score (nSPS) is 16.4. The SMILES string of the molecule is CC(C)(C)c1ccc(Nc2cc3oc4cc5c(cc4c3cc2-c2ccc3c4c6c(ccc4n4c3c2[B]c2cc3c(cc2-4)oc2ccccc23)C(C)(C)c2ccccc2-6)C(C)(C)CCC5(C)C)cc1. The first-order valence-corrected chi connectivity index (χ1v) is 24.5. The van der Waals surface area contributed by atoms with Crippen molar-refractivity contribution in [3.8, 4) is 27.9 Å². The van der Waals surface area contributed by atoms with Crippen molar-refractivity contribution in [2.45, 2.75) is 96.8 Å². The molecule has 1 N–H and O–H groups in total. The third-order valence-electron chi connectivity index (χ3n) is 16.6. The molecule has 5 heteroatoms. The van der Waals surface area contributed by atoms with Crippen molar-refractivity contribution < 1.29 is 8.83 Å². The number of nitrogens with one attached hydrogen (secondary N) is 1. The van der Waals surface area contributed by atoms with Gasteiger partial charge in [-0.1, -0.05) is 147 Å². The monoisotopic (exact) mass is 881 g/mol. The average molecular weight is 882 g/mol. The number of furan rings is 2. The summed E-state index contributed by atoms with van der Waals surface area (Å²) in [6.45, 7) is 21.2. The Morgan fingerprint density at radius 3 is 2.01 bits per heavy atom. The highest BCUT2D eigenvalue weighted by atomic mass is 16.3. The van der Waals surface area contributed by atoms with E-state index in [9.17, 15) is 0 Å². The van der Waals surface area contributed by atoms with Gasteiger partial charge in [-0.15, -0.1) is 0 Å². The molecule has 1 radical (unpaired) electrons. The van der Waals surface area contributed by atoms with Crippen molar-refractivity contribution in [1.29, 1.82) is 0 Å². The van der Waals surface area contributed by atoms with Crippen molar-refractivity contribution in [2.24, 2.45) is 0 Å². The molecule has 3 aromatic heterocycles. The third kappa shape index (κ3) is 5.39. The molecule has 0 spiro atoms. The van der Waals surface area contributed by atoms with E-state index in [4.69, 9.17) is 8.83 Å². The molecule has 0 atom stereocenters. The summed E-state index contributed by atoms with van der Waals surface area (Å²) in [5.74, 6) is 0. The highest BCUT2D eigenvalue weighted by Crippen LogP contribution is 2.54. The summed E-state index contributed by atoms with van der Waals surface area (Å²) < 4.78 is 16.1. The van der Waals surface area contributed by atoms with Crippen LogP contribution in [-0.2, 0) is 21.7 Å². The van der Waals surface area contributed by atoms with Gasteiger partial charge in [-0.2, -0.15) is 0 Å². The molecule has 0 unspecified atom stereocenters. The molecule has 0 saturated carbocycles. The molecule has 0 amide bonds. The molecule has 4 heterocycles. The number of anilines is 2. The molecule has 2 aliphatic carbocycles. The minimum absolute atomic E-state index is 0.0497. The quantitative estimate of drug-likeness (QED) is 0.180. The Labute approximate surface area is 398 Å². The Hall–Kier alpha value is -6.98. The van der Waals surface area contributed by atoms with Gasteiger partial charge in [-0.3, -0.25) is 0 Å². The van der Waals surface area contributed by atoms with Crippen LogP contribution in [0.25, 0.3) is 93.6 Å². The standard InChI is InChI=1S/C63H54BN2O2/c1-60(2,3)34-18-20-35(21-19-34)65-49-32-54-41(42-29-46-47(31-53(42)68-54)62(6,7)27-26-61(46,4)5)28-40(49)37-22-23-39-57-50(25-24-45-56(57)38-15-10-12-16-44(38)63(45,8)9)66-51-33-55-43(30-48(51)64-58(37)59(39)66)36-14-11-13-17-52(36)67-55/h10-25,28-33,65H,26-27H2,1-9H3. The Morgan fingerprint density at radius 1 is 0.544 bits per heavy atom. The van der Waals surface area contributed by atoms with Gasteiger partial charge in [0.15, 0.2) is 7.28 Å². The molecule has 4 nitrogen and oxygen atoms in total. The highest BCUT2D eigenvalue weighted by molar-refractivity contribution is 6.74. The zero-order valence-electron chi connectivity index (χ0n) is 40.5. The fourth-order valence-electron chi connectivity index (χ4n) is 12.7. The van der Waals surface area contributed by atoms with E-state index in [1.807, 2.05) is 0 Å². The van der Waals surface area contributed by atoms with Gasteiger partial charge in [-0.25, -0.2) is 0 Å². The van der Waals surface area contributed by atoms with Crippen LogP contribution in [0.4, 0.5) is 11.4 Å². The molecular weight excluding hydrogens is 828 g/mol. The van der Waals surface area contributed by atoms with Crippen LogP contribution >= 0.6 is 0 Å². The van der Waals surface area contributed by atoms with E-state index in [0.29, 0.717) is 0 Å². The van der Waals surface area contributed by atoms with E-state index >= 15 is 0 Å².